The number of pyridine rings is 1. The number of benzene rings is 3. The molecule has 0 spiro atoms. The van der Waals surface area contributed by atoms with Crippen molar-refractivity contribution in [3.63, 3.8) is 0 Å². The monoisotopic (exact) mass is 430 g/mol. The van der Waals surface area contributed by atoms with Crippen LogP contribution in [0.25, 0.3) is 10.9 Å². The molecule has 0 fully saturated rings. The second-order valence-electron chi connectivity index (χ2n) is 7.39. The fourth-order valence-electron chi connectivity index (χ4n) is 3.41. The number of aromatic amines is 1. The average molecular weight is 430 g/mol. The fourth-order valence-corrected chi connectivity index (χ4v) is 3.41. The molecule has 6 nitrogen and oxygen atoms in total. The van der Waals surface area contributed by atoms with Crippen LogP contribution in [0.15, 0.2) is 77.7 Å². The Bertz CT molecular complexity index is 1360. The Kier molecular flexibility index (Phi) is 5.81. The largest absolute Gasteiger partial charge is 0.478 e. The van der Waals surface area contributed by atoms with Gasteiger partial charge in [0, 0.05) is 41.2 Å². The summed E-state index contributed by atoms with van der Waals surface area (Å²) in [5.41, 5.74) is 2.99. The molecule has 160 valence electrons. The van der Waals surface area contributed by atoms with Crippen molar-refractivity contribution in [3.05, 3.63) is 117 Å². The minimum absolute atomic E-state index is 0.178. The Labute approximate surface area is 182 Å². The van der Waals surface area contributed by atoms with Crippen LogP contribution in [-0.4, -0.2) is 22.0 Å². The lowest BCUT2D eigenvalue weighted by molar-refractivity contribution is 0.0696. The molecule has 0 aliphatic rings. The molecule has 0 unspecified atom stereocenters. The zero-order valence-corrected chi connectivity index (χ0v) is 16.9. The van der Waals surface area contributed by atoms with E-state index in [4.69, 9.17) is 5.11 Å². The zero-order chi connectivity index (χ0) is 22.7. The van der Waals surface area contributed by atoms with Gasteiger partial charge >= 0.3 is 5.97 Å². The van der Waals surface area contributed by atoms with E-state index in [0.29, 0.717) is 28.5 Å². The maximum Gasteiger partial charge on any atom is 0.335 e. The number of aromatic nitrogens is 1. The van der Waals surface area contributed by atoms with Crippen LogP contribution >= 0.6 is 0 Å². The minimum atomic E-state index is -1.01. The van der Waals surface area contributed by atoms with E-state index >= 15 is 0 Å². The number of carbonyl (C=O) groups is 2. The van der Waals surface area contributed by atoms with Crippen LogP contribution in [0.2, 0.25) is 0 Å². The number of fused-ring (bicyclic) bond motifs is 1. The summed E-state index contributed by atoms with van der Waals surface area (Å²) in [6.07, 6.45) is 1.95. The molecule has 0 aliphatic carbocycles. The van der Waals surface area contributed by atoms with Crippen molar-refractivity contribution in [2.24, 2.45) is 0 Å². The number of halogens is 1. The maximum atomic E-state index is 13.0. The third-order valence-corrected chi connectivity index (χ3v) is 5.18. The molecular formula is C25H19FN2O4. The van der Waals surface area contributed by atoms with E-state index in [1.54, 1.807) is 48.7 Å². The summed E-state index contributed by atoms with van der Waals surface area (Å²) in [6.45, 7) is 0.236. The molecule has 0 bridgehead atoms. The Morgan fingerprint density at radius 3 is 2.25 bits per heavy atom. The summed E-state index contributed by atoms with van der Waals surface area (Å²) >= 11 is 0. The number of hydrogen-bond acceptors (Lipinski definition) is 3. The van der Waals surface area contributed by atoms with Gasteiger partial charge in [0.25, 0.3) is 5.91 Å². The van der Waals surface area contributed by atoms with E-state index in [1.807, 2.05) is 0 Å². The normalized spacial score (nSPS) is 10.8. The van der Waals surface area contributed by atoms with Crippen molar-refractivity contribution >= 4 is 22.8 Å². The summed E-state index contributed by atoms with van der Waals surface area (Å²) in [5.74, 6) is -1.70. The highest BCUT2D eigenvalue weighted by atomic mass is 19.1. The highest BCUT2D eigenvalue weighted by Crippen LogP contribution is 2.14. The number of hydrogen-bond donors (Lipinski definition) is 3. The number of aromatic carboxylic acids is 1. The third kappa shape index (κ3) is 4.57. The van der Waals surface area contributed by atoms with Gasteiger partial charge in [0.1, 0.15) is 5.82 Å². The van der Waals surface area contributed by atoms with E-state index in [9.17, 15) is 18.8 Å². The van der Waals surface area contributed by atoms with Crippen molar-refractivity contribution in [2.75, 3.05) is 0 Å². The molecule has 7 heteroatoms. The highest BCUT2D eigenvalue weighted by molar-refractivity contribution is 5.98. The van der Waals surface area contributed by atoms with Gasteiger partial charge in [-0.25, -0.2) is 9.18 Å². The molecular weight excluding hydrogens is 411 g/mol. The van der Waals surface area contributed by atoms with Crippen LogP contribution in [0.1, 0.15) is 37.4 Å². The first-order valence-corrected chi connectivity index (χ1v) is 9.90. The van der Waals surface area contributed by atoms with E-state index in [1.165, 1.54) is 24.3 Å². The topological polar surface area (TPSA) is 99.3 Å². The van der Waals surface area contributed by atoms with E-state index in [0.717, 1.165) is 11.1 Å². The second kappa shape index (κ2) is 8.85. The summed E-state index contributed by atoms with van der Waals surface area (Å²) in [7, 11) is 0. The first kappa shape index (κ1) is 21.0. The van der Waals surface area contributed by atoms with Gasteiger partial charge in [0.2, 0.25) is 0 Å². The van der Waals surface area contributed by atoms with Crippen LogP contribution in [0.5, 0.6) is 0 Å². The van der Waals surface area contributed by atoms with Crippen molar-refractivity contribution in [1.82, 2.24) is 10.3 Å². The molecule has 1 aromatic heterocycles. The van der Waals surface area contributed by atoms with E-state index < -0.39 is 5.97 Å². The lowest BCUT2D eigenvalue weighted by atomic mass is 10.0. The molecule has 3 N–H and O–H groups in total. The van der Waals surface area contributed by atoms with Crippen LogP contribution in [0.4, 0.5) is 4.39 Å². The van der Waals surface area contributed by atoms with Crippen LogP contribution in [0, 0.1) is 5.82 Å². The molecule has 0 saturated heterocycles. The molecule has 1 amide bonds. The standard InChI is InChI=1S/C25H19FN2O4/c26-20-8-3-16(4-9-20)13-28-24(30)18-7-10-22-21(12-18)23(29)19(14-27-22)11-15-1-5-17(6-2-15)25(31)32/h1-10,12,14H,11,13H2,(H,27,29)(H,28,30)(H,31,32). The molecule has 0 saturated carbocycles. The second-order valence-corrected chi connectivity index (χ2v) is 7.39. The quantitative estimate of drug-likeness (QED) is 0.432. The van der Waals surface area contributed by atoms with Crippen LogP contribution in [0.3, 0.4) is 0 Å². The number of rotatable bonds is 6. The van der Waals surface area contributed by atoms with Crippen LogP contribution < -0.4 is 10.7 Å². The Hall–Kier alpha value is -4.26. The lowest BCUT2D eigenvalue weighted by Crippen LogP contribution is -2.23. The molecule has 3 aromatic carbocycles. The Morgan fingerprint density at radius 2 is 1.56 bits per heavy atom. The number of nitrogens with one attached hydrogen (secondary N) is 2. The minimum Gasteiger partial charge on any atom is -0.478 e. The number of H-pyrrole nitrogens is 1. The zero-order valence-electron chi connectivity index (χ0n) is 16.9. The molecule has 0 aliphatic heterocycles. The van der Waals surface area contributed by atoms with Crippen molar-refractivity contribution < 1.29 is 19.1 Å². The maximum absolute atomic E-state index is 13.0. The first-order valence-electron chi connectivity index (χ1n) is 9.90. The van der Waals surface area contributed by atoms with Gasteiger partial charge in [-0.1, -0.05) is 24.3 Å². The third-order valence-electron chi connectivity index (χ3n) is 5.18. The van der Waals surface area contributed by atoms with E-state index in [2.05, 4.69) is 10.3 Å². The summed E-state index contributed by atoms with van der Waals surface area (Å²) in [6, 6.07) is 17.0. The van der Waals surface area contributed by atoms with Gasteiger partial charge in [-0.2, -0.15) is 0 Å². The van der Waals surface area contributed by atoms with Gasteiger partial charge in [0.15, 0.2) is 5.43 Å². The molecule has 4 rings (SSSR count). The summed E-state index contributed by atoms with van der Waals surface area (Å²) in [4.78, 5) is 39.6. The Morgan fingerprint density at radius 1 is 0.906 bits per heavy atom. The van der Waals surface area contributed by atoms with Crippen molar-refractivity contribution in [3.8, 4) is 0 Å². The SMILES string of the molecule is O=C(O)c1ccc(Cc2c[nH]c3ccc(C(=O)NCc4ccc(F)cc4)cc3c2=O)cc1. The van der Waals surface area contributed by atoms with Gasteiger partial charge in [-0.05, 0) is 53.6 Å². The molecule has 4 aromatic rings. The number of carboxylic acids is 1. The first-order chi connectivity index (χ1) is 15.4. The van der Waals surface area contributed by atoms with Gasteiger partial charge < -0.3 is 15.4 Å². The van der Waals surface area contributed by atoms with Crippen molar-refractivity contribution in [1.29, 1.82) is 0 Å². The number of amides is 1. The van der Waals surface area contributed by atoms with E-state index in [-0.39, 0.29) is 29.3 Å². The van der Waals surface area contributed by atoms with Gasteiger partial charge in [0.05, 0.1) is 5.56 Å². The van der Waals surface area contributed by atoms with Gasteiger partial charge in [-0.15, -0.1) is 0 Å². The molecule has 0 atom stereocenters. The van der Waals surface area contributed by atoms with Crippen molar-refractivity contribution in [2.45, 2.75) is 13.0 Å². The van der Waals surface area contributed by atoms with Crippen LogP contribution in [-0.2, 0) is 13.0 Å². The fraction of sp³-hybridized carbons (Fsp3) is 0.0800. The predicted octanol–water partition coefficient (Wildman–Crippen LogP) is 3.89. The molecule has 32 heavy (non-hydrogen) atoms. The summed E-state index contributed by atoms with van der Waals surface area (Å²) < 4.78 is 13.0. The lowest BCUT2D eigenvalue weighted by Gasteiger charge is -2.08. The smallest absolute Gasteiger partial charge is 0.335 e. The predicted molar refractivity (Wildman–Crippen MR) is 118 cm³/mol. The number of carbonyl (C=O) groups excluding carboxylic acids is 1. The average Bonchev–Trinajstić information content (AvgIpc) is 2.80. The summed E-state index contributed by atoms with van der Waals surface area (Å²) in [5, 5.41) is 12.2. The molecule has 1 heterocycles. The molecule has 0 radical (unpaired) electrons. The highest BCUT2D eigenvalue weighted by Gasteiger charge is 2.11. The number of carboxylic acid groups (broad SMARTS) is 1. The Balaban J connectivity index is 1.55. The van der Waals surface area contributed by atoms with Gasteiger partial charge in [-0.3, -0.25) is 9.59 Å².